The molecule has 0 spiro atoms. The number of nitriles is 1. The second-order valence-corrected chi connectivity index (χ2v) is 4.53. The highest BCUT2D eigenvalue weighted by atomic mass is 16.5. The van der Waals surface area contributed by atoms with Crippen LogP contribution >= 0.6 is 0 Å². The lowest BCUT2D eigenvalue weighted by Crippen LogP contribution is -2.21. The maximum atomic E-state index is 11.8. The Morgan fingerprint density at radius 2 is 2.18 bits per heavy atom. The van der Waals surface area contributed by atoms with E-state index in [0.29, 0.717) is 22.9 Å². The lowest BCUT2D eigenvalue weighted by atomic mass is 10.2. The van der Waals surface area contributed by atoms with E-state index >= 15 is 0 Å². The van der Waals surface area contributed by atoms with Gasteiger partial charge in [-0.25, -0.2) is 4.98 Å². The van der Waals surface area contributed by atoms with Crippen LogP contribution in [0.1, 0.15) is 11.1 Å². The zero-order valence-electron chi connectivity index (χ0n) is 12.3. The van der Waals surface area contributed by atoms with Crippen LogP contribution in [0.2, 0.25) is 0 Å². The summed E-state index contributed by atoms with van der Waals surface area (Å²) < 4.78 is 10.4. The molecule has 112 valence electrons. The second-order valence-electron chi connectivity index (χ2n) is 4.53. The van der Waals surface area contributed by atoms with Crippen LogP contribution in [0.15, 0.2) is 36.5 Å². The van der Waals surface area contributed by atoms with Crippen molar-refractivity contribution in [2.45, 2.75) is 6.92 Å². The average molecular weight is 297 g/mol. The van der Waals surface area contributed by atoms with Gasteiger partial charge in [0.1, 0.15) is 23.4 Å². The molecule has 0 saturated carbocycles. The average Bonchev–Trinajstić information content (AvgIpc) is 2.55. The van der Waals surface area contributed by atoms with E-state index in [0.717, 1.165) is 5.56 Å². The van der Waals surface area contributed by atoms with E-state index in [1.54, 1.807) is 30.5 Å². The Hall–Kier alpha value is -3.07. The van der Waals surface area contributed by atoms with Crippen molar-refractivity contribution >= 4 is 11.7 Å². The topological polar surface area (TPSA) is 84.2 Å². The van der Waals surface area contributed by atoms with Crippen LogP contribution in [-0.2, 0) is 4.79 Å². The Morgan fingerprint density at radius 3 is 2.82 bits per heavy atom. The number of rotatable bonds is 5. The summed E-state index contributed by atoms with van der Waals surface area (Å²) in [6.45, 7) is 1.70. The summed E-state index contributed by atoms with van der Waals surface area (Å²) in [5.74, 6) is 0.984. The maximum Gasteiger partial charge on any atom is 0.263 e. The number of amides is 1. The fourth-order valence-corrected chi connectivity index (χ4v) is 1.71. The summed E-state index contributed by atoms with van der Waals surface area (Å²) in [4.78, 5) is 15.9. The number of nitrogens with one attached hydrogen (secondary N) is 1. The van der Waals surface area contributed by atoms with E-state index in [1.807, 2.05) is 19.1 Å². The molecule has 6 nitrogen and oxygen atoms in total. The minimum absolute atomic E-state index is 0.212. The van der Waals surface area contributed by atoms with Gasteiger partial charge in [-0.05, 0) is 30.7 Å². The van der Waals surface area contributed by atoms with Crippen LogP contribution in [0, 0.1) is 18.3 Å². The number of methoxy groups -OCH3 is 1. The van der Waals surface area contributed by atoms with E-state index in [9.17, 15) is 4.79 Å². The number of carbonyl (C=O) groups excluding carboxylic acids is 1. The number of aryl methyl sites for hydroxylation is 1. The van der Waals surface area contributed by atoms with Crippen LogP contribution in [-0.4, -0.2) is 24.6 Å². The quantitative estimate of drug-likeness (QED) is 0.915. The number of carbonyl (C=O) groups is 1. The number of ether oxygens (including phenoxy) is 2. The number of hydrogen-bond donors (Lipinski definition) is 1. The summed E-state index contributed by atoms with van der Waals surface area (Å²) in [5.41, 5.74) is 1.31. The fourth-order valence-electron chi connectivity index (χ4n) is 1.71. The maximum absolute atomic E-state index is 11.8. The van der Waals surface area contributed by atoms with Gasteiger partial charge in [-0.3, -0.25) is 4.79 Å². The third-order valence-electron chi connectivity index (χ3n) is 2.84. The molecule has 1 aromatic heterocycles. The van der Waals surface area contributed by atoms with Gasteiger partial charge in [-0.2, -0.15) is 5.26 Å². The Morgan fingerprint density at radius 1 is 1.36 bits per heavy atom. The lowest BCUT2D eigenvalue weighted by Gasteiger charge is -2.09. The highest BCUT2D eigenvalue weighted by molar-refractivity contribution is 5.90. The van der Waals surface area contributed by atoms with Crippen LogP contribution in [0.25, 0.3) is 0 Å². The van der Waals surface area contributed by atoms with Gasteiger partial charge in [0.15, 0.2) is 6.61 Å². The van der Waals surface area contributed by atoms with Crippen molar-refractivity contribution in [3.63, 3.8) is 0 Å². The molecule has 2 rings (SSSR count). The van der Waals surface area contributed by atoms with Crippen LogP contribution in [0.5, 0.6) is 11.5 Å². The Balaban J connectivity index is 1.96. The van der Waals surface area contributed by atoms with Crippen LogP contribution < -0.4 is 14.8 Å². The fraction of sp³-hybridized carbons (Fsp3) is 0.188. The van der Waals surface area contributed by atoms with Gasteiger partial charge in [0, 0.05) is 12.3 Å². The molecule has 6 heteroatoms. The Bertz CT molecular complexity index is 706. The van der Waals surface area contributed by atoms with Crippen molar-refractivity contribution in [2.75, 3.05) is 19.0 Å². The first-order chi connectivity index (χ1) is 10.6. The van der Waals surface area contributed by atoms with Gasteiger partial charge in [0.2, 0.25) is 0 Å². The first-order valence-electron chi connectivity index (χ1n) is 6.56. The molecule has 0 fully saturated rings. The van der Waals surface area contributed by atoms with Gasteiger partial charge < -0.3 is 14.8 Å². The van der Waals surface area contributed by atoms with E-state index in [1.165, 1.54) is 7.11 Å². The zero-order valence-corrected chi connectivity index (χ0v) is 12.3. The molecule has 1 amide bonds. The monoisotopic (exact) mass is 297 g/mol. The van der Waals surface area contributed by atoms with Crippen LogP contribution in [0.3, 0.4) is 0 Å². The van der Waals surface area contributed by atoms with Crippen LogP contribution in [0.4, 0.5) is 5.82 Å². The SMILES string of the molecule is COc1ccc(OCC(=O)Nc2ccc(C)cn2)c(C#N)c1. The van der Waals surface area contributed by atoms with E-state index < -0.39 is 0 Å². The highest BCUT2D eigenvalue weighted by Crippen LogP contribution is 2.23. The van der Waals surface area contributed by atoms with E-state index in [4.69, 9.17) is 14.7 Å². The van der Waals surface area contributed by atoms with Gasteiger partial charge in [-0.1, -0.05) is 6.07 Å². The predicted molar refractivity (Wildman–Crippen MR) is 80.8 cm³/mol. The molecule has 1 N–H and O–H groups in total. The van der Waals surface area contributed by atoms with Crippen molar-refractivity contribution in [2.24, 2.45) is 0 Å². The van der Waals surface area contributed by atoms with Crippen molar-refractivity contribution in [3.05, 3.63) is 47.7 Å². The number of aromatic nitrogens is 1. The number of anilines is 1. The molecule has 0 unspecified atom stereocenters. The molecule has 0 radical (unpaired) electrons. The van der Waals surface area contributed by atoms with E-state index in [2.05, 4.69) is 10.3 Å². The first-order valence-corrected chi connectivity index (χ1v) is 6.56. The minimum Gasteiger partial charge on any atom is -0.497 e. The summed E-state index contributed by atoms with van der Waals surface area (Å²) in [7, 11) is 1.51. The van der Waals surface area contributed by atoms with E-state index in [-0.39, 0.29) is 12.5 Å². The summed E-state index contributed by atoms with van der Waals surface area (Å²) in [6, 6.07) is 10.4. The molecule has 22 heavy (non-hydrogen) atoms. The molecule has 0 saturated heterocycles. The first kappa shape index (κ1) is 15.3. The Kier molecular flexibility index (Phi) is 4.94. The molecule has 0 atom stereocenters. The van der Waals surface area contributed by atoms with Gasteiger partial charge in [0.25, 0.3) is 5.91 Å². The zero-order chi connectivity index (χ0) is 15.9. The molecule has 0 aliphatic carbocycles. The molecule has 1 aromatic carbocycles. The van der Waals surface area contributed by atoms with Crippen molar-refractivity contribution in [1.82, 2.24) is 4.98 Å². The summed E-state index contributed by atoms with van der Waals surface area (Å²) in [5, 5.41) is 11.7. The molecular weight excluding hydrogens is 282 g/mol. The van der Waals surface area contributed by atoms with Crippen molar-refractivity contribution in [3.8, 4) is 17.6 Å². The highest BCUT2D eigenvalue weighted by Gasteiger charge is 2.09. The molecule has 1 heterocycles. The molecular formula is C16H15N3O3. The second kappa shape index (κ2) is 7.09. The smallest absolute Gasteiger partial charge is 0.263 e. The summed E-state index contributed by atoms with van der Waals surface area (Å²) in [6.07, 6.45) is 1.66. The molecule has 0 aliphatic heterocycles. The molecule has 0 aliphatic rings. The van der Waals surface area contributed by atoms with Crippen molar-refractivity contribution in [1.29, 1.82) is 5.26 Å². The molecule has 0 bridgehead atoms. The molecule has 2 aromatic rings. The normalized spacial score (nSPS) is 9.68. The predicted octanol–water partition coefficient (Wildman–Crippen LogP) is 2.29. The largest absolute Gasteiger partial charge is 0.497 e. The minimum atomic E-state index is -0.351. The van der Waals surface area contributed by atoms with Gasteiger partial charge >= 0.3 is 0 Å². The number of benzene rings is 1. The third kappa shape index (κ3) is 3.96. The standard InChI is InChI=1S/C16H15N3O3/c1-11-3-6-15(18-9-11)19-16(20)10-22-14-5-4-13(21-2)7-12(14)8-17/h3-7,9H,10H2,1-2H3,(H,18,19,20). The number of nitrogens with zero attached hydrogens (tertiary/aromatic N) is 2. The van der Waals surface area contributed by atoms with Crippen molar-refractivity contribution < 1.29 is 14.3 Å². The van der Waals surface area contributed by atoms with Gasteiger partial charge in [-0.15, -0.1) is 0 Å². The third-order valence-corrected chi connectivity index (χ3v) is 2.84. The summed E-state index contributed by atoms with van der Waals surface area (Å²) >= 11 is 0. The lowest BCUT2D eigenvalue weighted by molar-refractivity contribution is -0.118. The Labute approximate surface area is 128 Å². The van der Waals surface area contributed by atoms with Gasteiger partial charge in [0.05, 0.1) is 12.7 Å². The number of hydrogen-bond acceptors (Lipinski definition) is 5. The number of pyridine rings is 1.